The summed E-state index contributed by atoms with van der Waals surface area (Å²) in [5.74, 6) is 1.45. The standard InChI is InChI=1S/C30H39NO3/c1-6-30(34-19(2)32)16-15-27-25-13-9-21-17-23(33)12-14-24(21)28(25)26(18-29(27,30)3)20-7-10-22(11-8-20)31(4)5/h7-8,10-11,17,25-27H,6,9,12-16,18H2,1-5H3/t25-,26+,27-,29-,30+/m0/s1. The van der Waals surface area contributed by atoms with E-state index in [0.717, 1.165) is 44.9 Å². The Hall–Kier alpha value is -2.36. The van der Waals surface area contributed by atoms with Crippen molar-refractivity contribution in [3.63, 3.8) is 0 Å². The smallest absolute Gasteiger partial charge is 0.303 e. The van der Waals surface area contributed by atoms with Gasteiger partial charge in [0, 0.05) is 44.5 Å². The normalized spacial score (nSPS) is 34.7. The summed E-state index contributed by atoms with van der Waals surface area (Å²) in [6.45, 7) is 6.17. The van der Waals surface area contributed by atoms with Crippen LogP contribution in [0.1, 0.15) is 83.6 Å². The SMILES string of the molecule is CC[C@@]1(OC(C)=O)CC[C@H]2[C@@H]3CCC4=CC(=O)CCC4=C3[C@@H](c3ccc(N(C)C)cc3)C[C@@]21C. The van der Waals surface area contributed by atoms with Crippen molar-refractivity contribution in [3.05, 3.63) is 52.6 Å². The van der Waals surface area contributed by atoms with Gasteiger partial charge in [-0.1, -0.05) is 31.6 Å². The number of rotatable bonds is 4. The molecule has 1 aromatic rings. The van der Waals surface area contributed by atoms with Crippen LogP contribution in [0.5, 0.6) is 0 Å². The van der Waals surface area contributed by atoms with Crippen LogP contribution in [0.4, 0.5) is 5.69 Å². The van der Waals surface area contributed by atoms with E-state index in [4.69, 9.17) is 4.74 Å². The van der Waals surface area contributed by atoms with Gasteiger partial charge in [0.1, 0.15) is 5.60 Å². The summed E-state index contributed by atoms with van der Waals surface area (Å²) in [6, 6.07) is 9.05. The third-order valence-electron chi connectivity index (χ3n) is 9.75. The number of hydrogen-bond acceptors (Lipinski definition) is 4. The Morgan fingerprint density at radius 3 is 2.50 bits per heavy atom. The van der Waals surface area contributed by atoms with E-state index in [1.54, 1.807) is 12.5 Å². The molecule has 0 spiro atoms. The molecule has 4 nitrogen and oxygen atoms in total. The second-order valence-electron chi connectivity index (χ2n) is 11.5. The fourth-order valence-electron chi connectivity index (χ4n) is 8.14. The molecular formula is C30H39NO3. The first-order valence-corrected chi connectivity index (χ1v) is 13.1. The molecule has 4 aliphatic carbocycles. The van der Waals surface area contributed by atoms with Gasteiger partial charge in [0.05, 0.1) is 0 Å². The van der Waals surface area contributed by atoms with Crippen molar-refractivity contribution in [2.75, 3.05) is 19.0 Å². The topological polar surface area (TPSA) is 46.6 Å². The lowest BCUT2D eigenvalue weighted by atomic mass is 9.51. The first kappa shape index (κ1) is 23.4. The Balaban J connectivity index is 1.66. The van der Waals surface area contributed by atoms with E-state index >= 15 is 0 Å². The van der Waals surface area contributed by atoms with E-state index in [9.17, 15) is 9.59 Å². The third kappa shape index (κ3) is 3.48. The summed E-state index contributed by atoms with van der Waals surface area (Å²) in [6.07, 6.45) is 9.49. The van der Waals surface area contributed by atoms with Gasteiger partial charge < -0.3 is 9.64 Å². The van der Waals surface area contributed by atoms with Gasteiger partial charge in [-0.05, 0) is 91.7 Å². The molecule has 4 heteroatoms. The van der Waals surface area contributed by atoms with E-state index in [1.165, 1.54) is 22.4 Å². The summed E-state index contributed by atoms with van der Waals surface area (Å²) < 4.78 is 6.24. The van der Waals surface area contributed by atoms with Crippen molar-refractivity contribution >= 4 is 17.4 Å². The number of allylic oxidation sites excluding steroid dienone is 4. The predicted molar refractivity (Wildman–Crippen MR) is 136 cm³/mol. The van der Waals surface area contributed by atoms with Crippen LogP contribution in [0.3, 0.4) is 0 Å². The number of anilines is 1. The van der Waals surface area contributed by atoms with Gasteiger partial charge in [0.2, 0.25) is 0 Å². The van der Waals surface area contributed by atoms with Gasteiger partial charge in [-0.25, -0.2) is 0 Å². The van der Waals surface area contributed by atoms with Crippen LogP contribution >= 0.6 is 0 Å². The van der Waals surface area contributed by atoms with Gasteiger partial charge in [0.15, 0.2) is 5.78 Å². The van der Waals surface area contributed by atoms with E-state index in [2.05, 4.69) is 57.1 Å². The maximum atomic E-state index is 12.3. The highest BCUT2D eigenvalue weighted by Gasteiger charge is 2.64. The van der Waals surface area contributed by atoms with Gasteiger partial charge in [-0.2, -0.15) is 0 Å². The lowest BCUT2D eigenvalue weighted by Crippen LogP contribution is -2.53. The second-order valence-corrected chi connectivity index (χ2v) is 11.5. The fourth-order valence-corrected chi connectivity index (χ4v) is 8.14. The van der Waals surface area contributed by atoms with Crippen LogP contribution < -0.4 is 4.90 Å². The minimum Gasteiger partial charge on any atom is -0.459 e. The minimum atomic E-state index is -0.389. The molecule has 0 unspecified atom stereocenters. The van der Waals surface area contributed by atoms with Gasteiger partial charge in [-0.3, -0.25) is 9.59 Å². The summed E-state index contributed by atoms with van der Waals surface area (Å²) in [7, 11) is 4.15. The number of nitrogens with zero attached hydrogens (tertiary/aromatic N) is 1. The van der Waals surface area contributed by atoms with Crippen molar-refractivity contribution < 1.29 is 14.3 Å². The van der Waals surface area contributed by atoms with Gasteiger partial charge in [-0.15, -0.1) is 0 Å². The fraction of sp³-hybridized carbons (Fsp3) is 0.600. The van der Waals surface area contributed by atoms with Crippen molar-refractivity contribution in [2.45, 2.75) is 83.7 Å². The Morgan fingerprint density at radius 2 is 1.85 bits per heavy atom. The molecular weight excluding hydrogens is 422 g/mol. The highest BCUT2D eigenvalue weighted by Crippen LogP contribution is 2.68. The van der Waals surface area contributed by atoms with Crippen LogP contribution in [0.25, 0.3) is 0 Å². The maximum Gasteiger partial charge on any atom is 0.303 e. The molecule has 0 N–H and O–H groups in total. The van der Waals surface area contributed by atoms with Crippen LogP contribution in [-0.4, -0.2) is 31.4 Å². The zero-order valence-electron chi connectivity index (χ0n) is 21.4. The highest BCUT2D eigenvalue weighted by atomic mass is 16.6. The molecule has 2 saturated carbocycles. The molecule has 182 valence electrons. The average molecular weight is 462 g/mol. The number of benzene rings is 1. The number of ether oxygens (including phenoxy) is 1. The first-order valence-electron chi connectivity index (χ1n) is 13.1. The molecule has 0 amide bonds. The monoisotopic (exact) mass is 461 g/mol. The van der Waals surface area contributed by atoms with Crippen molar-refractivity contribution in [1.82, 2.24) is 0 Å². The number of hydrogen-bond donors (Lipinski definition) is 0. The molecule has 0 aliphatic heterocycles. The lowest BCUT2D eigenvalue weighted by molar-refractivity contribution is -0.177. The van der Waals surface area contributed by atoms with Gasteiger partial charge >= 0.3 is 5.97 Å². The minimum absolute atomic E-state index is 0.0568. The second kappa shape index (κ2) is 8.39. The van der Waals surface area contributed by atoms with Crippen molar-refractivity contribution in [1.29, 1.82) is 0 Å². The summed E-state index contributed by atoms with van der Waals surface area (Å²) in [4.78, 5) is 26.6. The number of carbonyl (C=O) groups is 2. The Morgan fingerprint density at radius 1 is 1.12 bits per heavy atom. The highest BCUT2D eigenvalue weighted by molar-refractivity contribution is 5.93. The van der Waals surface area contributed by atoms with Crippen LogP contribution in [0.15, 0.2) is 47.1 Å². The molecule has 0 heterocycles. The Kier molecular flexibility index (Phi) is 5.77. The first-order chi connectivity index (χ1) is 16.2. The molecule has 5 atom stereocenters. The molecule has 0 bridgehead atoms. The number of esters is 1. The van der Waals surface area contributed by atoms with Crippen LogP contribution in [-0.2, 0) is 14.3 Å². The largest absolute Gasteiger partial charge is 0.459 e. The number of ketones is 1. The summed E-state index contributed by atoms with van der Waals surface area (Å²) in [5, 5.41) is 0. The van der Waals surface area contributed by atoms with Gasteiger partial charge in [0.25, 0.3) is 0 Å². The Labute approximate surface area is 204 Å². The van der Waals surface area contributed by atoms with Crippen molar-refractivity contribution in [3.8, 4) is 0 Å². The summed E-state index contributed by atoms with van der Waals surface area (Å²) >= 11 is 0. The lowest BCUT2D eigenvalue weighted by Gasteiger charge is -2.55. The third-order valence-corrected chi connectivity index (χ3v) is 9.75. The Bertz CT molecular complexity index is 1070. The summed E-state index contributed by atoms with van der Waals surface area (Å²) in [5.41, 5.74) is 6.48. The molecule has 1 aromatic carbocycles. The molecule has 0 saturated heterocycles. The zero-order chi connectivity index (χ0) is 24.3. The quantitative estimate of drug-likeness (QED) is 0.489. The molecule has 0 radical (unpaired) electrons. The van der Waals surface area contributed by atoms with E-state index in [1.807, 2.05) is 6.08 Å². The average Bonchev–Trinajstić information content (AvgIpc) is 3.09. The van der Waals surface area contributed by atoms with E-state index < -0.39 is 0 Å². The molecule has 34 heavy (non-hydrogen) atoms. The molecule has 5 rings (SSSR count). The van der Waals surface area contributed by atoms with Crippen LogP contribution in [0, 0.1) is 17.3 Å². The number of fused-ring (bicyclic) bond motifs is 4. The number of carbonyl (C=O) groups excluding carboxylic acids is 2. The van der Waals surface area contributed by atoms with E-state index in [0.29, 0.717) is 24.2 Å². The predicted octanol–water partition coefficient (Wildman–Crippen LogP) is 6.36. The van der Waals surface area contributed by atoms with E-state index in [-0.39, 0.29) is 22.8 Å². The molecule has 2 fully saturated rings. The molecule has 0 aromatic heterocycles. The zero-order valence-corrected chi connectivity index (χ0v) is 21.4. The molecule has 4 aliphatic rings. The maximum absolute atomic E-state index is 12.3. The van der Waals surface area contributed by atoms with Crippen molar-refractivity contribution in [2.24, 2.45) is 17.3 Å². The van der Waals surface area contributed by atoms with Crippen LogP contribution in [0.2, 0.25) is 0 Å².